The first-order valence-electron chi connectivity index (χ1n) is 14.2. The number of carbonyl (C=O) groups excluding carboxylic acids is 2. The average molecular weight is 551 g/mol. The molecule has 8 heteroatoms. The van der Waals surface area contributed by atoms with Crippen LogP contribution in [0.5, 0.6) is 0 Å². The molecule has 1 aliphatic heterocycles. The molecule has 2 aromatic heterocycles. The molecule has 41 heavy (non-hydrogen) atoms. The third-order valence-corrected chi connectivity index (χ3v) is 7.56. The number of hydrogen-bond donors (Lipinski definition) is 2. The van der Waals surface area contributed by atoms with Crippen molar-refractivity contribution in [3.63, 3.8) is 0 Å². The van der Waals surface area contributed by atoms with E-state index < -0.39 is 0 Å². The second-order valence-corrected chi connectivity index (χ2v) is 11.9. The van der Waals surface area contributed by atoms with Crippen molar-refractivity contribution < 1.29 is 9.59 Å². The van der Waals surface area contributed by atoms with Gasteiger partial charge in [-0.15, -0.1) is 0 Å². The number of nitrogens with zero attached hydrogens (tertiary/aromatic N) is 4. The number of likely N-dealkylation sites (tertiary alicyclic amines) is 1. The fourth-order valence-electron chi connectivity index (χ4n) is 5.07. The zero-order valence-corrected chi connectivity index (χ0v) is 24.2. The number of pyridine rings is 1. The molecule has 0 bridgehead atoms. The standard InChI is InChI=1S/C33H38N6O2/c1-23-5-11-28(12-6-23)39-30(22-29(37-39)33(2,3)4)36-32(41)35-27-9-7-24(8-10-27)21-25-15-19-38(20-16-25)31(40)26-13-17-34-18-14-26/h5-14,17-18,22,25H,15-16,19-21H2,1-4H3,(H2,35,36,41). The Balaban J connectivity index is 1.17. The van der Waals surface area contributed by atoms with E-state index in [0.717, 1.165) is 55.0 Å². The molecule has 2 aromatic carbocycles. The summed E-state index contributed by atoms with van der Waals surface area (Å²) in [4.78, 5) is 31.6. The summed E-state index contributed by atoms with van der Waals surface area (Å²) < 4.78 is 1.78. The maximum atomic E-state index is 13.0. The number of anilines is 2. The zero-order valence-electron chi connectivity index (χ0n) is 24.2. The summed E-state index contributed by atoms with van der Waals surface area (Å²) in [5.41, 5.74) is 5.42. The minimum absolute atomic E-state index is 0.0797. The first kappa shape index (κ1) is 28.1. The van der Waals surface area contributed by atoms with Crippen LogP contribution in [0.25, 0.3) is 5.69 Å². The number of carbonyl (C=O) groups is 2. The van der Waals surface area contributed by atoms with E-state index in [-0.39, 0.29) is 17.4 Å². The Morgan fingerprint density at radius 2 is 1.56 bits per heavy atom. The fraction of sp³-hybridized carbons (Fsp3) is 0.333. The van der Waals surface area contributed by atoms with Crippen LogP contribution in [0.15, 0.2) is 79.1 Å². The minimum Gasteiger partial charge on any atom is -0.339 e. The van der Waals surface area contributed by atoms with E-state index in [2.05, 4.69) is 48.5 Å². The number of nitrogens with one attached hydrogen (secondary N) is 2. The largest absolute Gasteiger partial charge is 0.339 e. The number of benzene rings is 2. The molecular weight excluding hydrogens is 512 g/mol. The Labute approximate surface area is 241 Å². The van der Waals surface area contributed by atoms with Crippen molar-refractivity contribution in [2.24, 2.45) is 5.92 Å². The molecule has 0 unspecified atom stereocenters. The fourth-order valence-corrected chi connectivity index (χ4v) is 5.07. The van der Waals surface area contributed by atoms with Gasteiger partial charge in [-0.2, -0.15) is 5.10 Å². The van der Waals surface area contributed by atoms with E-state index in [1.807, 2.05) is 54.3 Å². The summed E-state index contributed by atoms with van der Waals surface area (Å²) in [7, 11) is 0. The van der Waals surface area contributed by atoms with Crippen molar-refractivity contribution >= 4 is 23.4 Å². The van der Waals surface area contributed by atoms with Gasteiger partial charge < -0.3 is 10.2 Å². The highest BCUT2D eigenvalue weighted by Gasteiger charge is 2.24. The van der Waals surface area contributed by atoms with Gasteiger partial charge in [0.15, 0.2) is 0 Å². The van der Waals surface area contributed by atoms with E-state index in [1.54, 1.807) is 29.2 Å². The number of hydrogen-bond acceptors (Lipinski definition) is 4. The van der Waals surface area contributed by atoms with Gasteiger partial charge >= 0.3 is 6.03 Å². The van der Waals surface area contributed by atoms with Crippen molar-refractivity contribution in [2.45, 2.75) is 52.4 Å². The highest BCUT2D eigenvalue weighted by atomic mass is 16.2. The molecule has 0 aliphatic carbocycles. The predicted octanol–water partition coefficient (Wildman–Crippen LogP) is 6.61. The molecule has 8 nitrogen and oxygen atoms in total. The van der Waals surface area contributed by atoms with Crippen molar-refractivity contribution in [1.82, 2.24) is 19.7 Å². The zero-order chi connectivity index (χ0) is 29.0. The molecule has 212 valence electrons. The molecule has 5 rings (SSSR count). The molecule has 3 amide bonds. The van der Waals surface area contributed by atoms with Gasteiger partial charge in [0.1, 0.15) is 5.82 Å². The molecule has 1 fully saturated rings. The summed E-state index contributed by atoms with van der Waals surface area (Å²) in [6.45, 7) is 9.88. The van der Waals surface area contributed by atoms with E-state index in [4.69, 9.17) is 5.10 Å². The Hall–Kier alpha value is -4.46. The molecule has 0 atom stereocenters. The SMILES string of the molecule is Cc1ccc(-n2nc(C(C)(C)C)cc2NC(=O)Nc2ccc(CC3CCN(C(=O)c4ccncc4)CC3)cc2)cc1. The first-order chi connectivity index (χ1) is 19.7. The number of aryl methyl sites for hydroxylation is 1. The number of rotatable bonds is 6. The summed E-state index contributed by atoms with van der Waals surface area (Å²) in [6.07, 6.45) is 6.22. The lowest BCUT2D eigenvalue weighted by Crippen LogP contribution is -2.38. The second kappa shape index (κ2) is 12.0. The Morgan fingerprint density at radius 1 is 0.902 bits per heavy atom. The molecule has 4 aromatic rings. The van der Waals surface area contributed by atoms with Crippen LogP contribution in [0.1, 0.15) is 60.8 Å². The van der Waals surface area contributed by atoms with Crippen LogP contribution in [-0.4, -0.2) is 44.7 Å². The molecule has 1 saturated heterocycles. The smallest absolute Gasteiger partial charge is 0.324 e. The van der Waals surface area contributed by atoms with Crippen LogP contribution < -0.4 is 10.6 Å². The highest BCUT2D eigenvalue weighted by molar-refractivity contribution is 5.99. The Morgan fingerprint density at radius 3 is 2.20 bits per heavy atom. The lowest BCUT2D eigenvalue weighted by molar-refractivity contribution is 0.0690. The molecule has 0 radical (unpaired) electrons. The van der Waals surface area contributed by atoms with E-state index >= 15 is 0 Å². The van der Waals surface area contributed by atoms with Gasteiger partial charge in [0.25, 0.3) is 5.91 Å². The molecule has 0 spiro atoms. The highest BCUT2D eigenvalue weighted by Crippen LogP contribution is 2.27. The second-order valence-electron chi connectivity index (χ2n) is 11.9. The Bertz CT molecular complexity index is 1480. The number of piperidine rings is 1. The third-order valence-electron chi connectivity index (χ3n) is 7.56. The number of urea groups is 1. The topological polar surface area (TPSA) is 92.2 Å². The molecule has 0 saturated carbocycles. The van der Waals surface area contributed by atoms with Gasteiger partial charge in [-0.3, -0.25) is 15.1 Å². The van der Waals surface area contributed by atoms with Gasteiger partial charge in [0, 0.05) is 48.2 Å². The number of aromatic nitrogens is 3. The van der Waals surface area contributed by atoms with Crippen molar-refractivity contribution in [2.75, 3.05) is 23.7 Å². The van der Waals surface area contributed by atoms with E-state index in [0.29, 0.717) is 17.3 Å². The molecule has 3 heterocycles. The first-order valence-corrected chi connectivity index (χ1v) is 14.2. The quantitative estimate of drug-likeness (QED) is 0.282. The predicted molar refractivity (Wildman–Crippen MR) is 163 cm³/mol. The summed E-state index contributed by atoms with van der Waals surface area (Å²) in [5, 5.41) is 10.7. The van der Waals surface area contributed by atoms with Crippen LogP contribution in [0, 0.1) is 12.8 Å². The van der Waals surface area contributed by atoms with Crippen molar-refractivity contribution in [3.8, 4) is 5.69 Å². The maximum absolute atomic E-state index is 13.0. The number of amides is 3. The van der Waals surface area contributed by atoms with Crippen molar-refractivity contribution in [1.29, 1.82) is 0 Å². The monoisotopic (exact) mass is 550 g/mol. The summed E-state index contributed by atoms with van der Waals surface area (Å²) in [6, 6.07) is 21.2. The van der Waals surface area contributed by atoms with Gasteiger partial charge in [-0.25, -0.2) is 9.48 Å². The normalized spacial score (nSPS) is 14.1. The van der Waals surface area contributed by atoms with Gasteiger partial charge in [0.2, 0.25) is 0 Å². The lowest BCUT2D eigenvalue weighted by atomic mass is 9.90. The van der Waals surface area contributed by atoms with Crippen LogP contribution >= 0.6 is 0 Å². The van der Waals surface area contributed by atoms with Crippen LogP contribution in [0.2, 0.25) is 0 Å². The molecule has 2 N–H and O–H groups in total. The van der Waals surface area contributed by atoms with Crippen LogP contribution in [-0.2, 0) is 11.8 Å². The average Bonchev–Trinajstić information content (AvgIpc) is 3.39. The summed E-state index contributed by atoms with van der Waals surface area (Å²) >= 11 is 0. The molecule has 1 aliphatic rings. The minimum atomic E-state index is -0.322. The van der Waals surface area contributed by atoms with Gasteiger partial charge in [0.05, 0.1) is 11.4 Å². The van der Waals surface area contributed by atoms with E-state index in [9.17, 15) is 9.59 Å². The van der Waals surface area contributed by atoms with Crippen molar-refractivity contribution in [3.05, 3.63) is 102 Å². The van der Waals surface area contributed by atoms with Gasteiger partial charge in [-0.1, -0.05) is 50.6 Å². The summed E-state index contributed by atoms with van der Waals surface area (Å²) in [5.74, 6) is 1.22. The Kier molecular flexibility index (Phi) is 8.19. The molecular formula is C33H38N6O2. The lowest BCUT2D eigenvalue weighted by Gasteiger charge is -2.32. The van der Waals surface area contributed by atoms with Crippen LogP contribution in [0.4, 0.5) is 16.3 Å². The third kappa shape index (κ3) is 7.01. The van der Waals surface area contributed by atoms with Crippen LogP contribution in [0.3, 0.4) is 0 Å². The van der Waals surface area contributed by atoms with E-state index in [1.165, 1.54) is 5.56 Å². The maximum Gasteiger partial charge on any atom is 0.324 e. The van der Waals surface area contributed by atoms with Gasteiger partial charge in [-0.05, 0) is 74.1 Å².